The molecule has 0 aromatic rings. The molecule has 0 saturated carbocycles. The SMILES string of the molecule is CCNC(=O)CCNC(=O)NC(CC(N)=O)C(=O)O. The van der Waals surface area contributed by atoms with Crippen LogP contribution in [0.15, 0.2) is 0 Å². The molecule has 19 heavy (non-hydrogen) atoms. The summed E-state index contributed by atoms with van der Waals surface area (Å²) in [6.07, 6.45) is -0.423. The molecule has 108 valence electrons. The topological polar surface area (TPSA) is 151 Å². The van der Waals surface area contributed by atoms with Crippen molar-refractivity contribution in [3.63, 3.8) is 0 Å². The molecule has 0 rings (SSSR count). The van der Waals surface area contributed by atoms with Crippen LogP contribution < -0.4 is 21.7 Å². The molecule has 0 aromatic carbocycles. The lowest BCUT2D eigenvalue weighted by atomic mass is 10.2. The normalized spacial score (nSPS) is 11.2. The van der Waals surface area contributed by atoms with Gasteiger partial charge in [0.1, 0.15) is 6.04 Å². The highest BCUT2D eigenvalue weighted by Gasteiger charge is 2.21. The van der Waals surface area contributed by atoms with Gasteiger partial charge in [-0.1, -0.05) is 0 Å². The van der Waals surface area contributed by atoms with E-state index in [-0.39, 0.29) is 18.9 Å². The van der Waals surface area contributed by atoms with Gasteiger partial charge in [-0.25, -0.2) is 9.59 Å². The molecule has 0 spiro atoms. The molecule has 0 radical (unpaired) electrons. The van der Waals surface area contributed by atoms with Gasteiger partial charge in [-0.2, -0.15) is 0 Å². The number of carbonyl (C=O) groups excluding carboxylic acids is 3. The van der Waals surface area contributed by atoms with Crippen molar-refractivity contribution in [3.05, 3.63) is 0 Å². The van der Waals surface area contributed by atoms with Gasteiger partial charge >= 0.3 is 12.0 Å². The van der Waals surface area contributed by atoms with Gasteiger partial charge in [0, 0.05) is 19.5 Å². The molecule has 0 aromatic heterocycles. The Hall–Kier alpha value is -2.32. The zero-order valence-corrected chi connectivity index (χ0v) is 10.6. The monoisotopic (exact) mass is 274 g/mol. The predicted molar refractivity (Wildman–Crippen MR) is 65.1 cm³/mol. The quantitative estimate of drug-likeness (QED) is 0.351. The average molecular weight is 274 g/mol. The second-order valence-corrected chi connectivity index (χ2v) is 3.67. The number of hydrogen-bond acceptors (Lipinski definition) is 4. The second-order valence-electron chi connectivity index (χ2n) is 3.67. The summed E-state index contributed by atoms with van der Waals surface area (Å²) >= 11 is 0. The number of amides is 4. The highest BCUT2D eigenvalue weighted by molar-refractivity contribution is 5.87. The number of primary amides is 1. The third-order valence-corrected chi connectivity index (χ3v) is 2.02. The fourth-order valence-corrected chi connectivity index (χ4v) is 1.19. The Morgan fingerprint density at radius 3 is 2.32 bits per heavy atom. The van der Waals surface area contributed by atoms with Crippen LogP contribution in [0.5, 0.6) is 0 Å². The number of hydrogen-bond donors (Lipinski definition) is 5. The summed E-state index contributed by atoms with van der Waals surface area (Å²) < 4.78 is 0. The molecule has 0 aliphatic carbocycles. The van der Waals surface area contributed by atoms with Crippen molar-refractivity contribution in [2.24, 2.45) is 5.73 Å². The fourth-order valence-electron chi connectivity index (χ4n) is 1.19. The first-order valence-electron chi connectivity index (χ1n) is 5.69. The molecular weight excluding hydrogens is 256 g/mol. The Bertz CT molecular complexity index is 358. The van der Waals surface area contributed by atoms with Gasteiger partial charge in [-0.3, -0.25) is 9.59 Å². The molecule has 0 saturated heterocycles. The Balaban J connectivity index is 4.03. The largest absolute Gasteiger partial charge is 0.480 e. The van der Waals surface area contributed by atoms with Crippen molar-refractivity contribution in [2.75, 3.05) is 13.1 Å². The lowest BCUT2D eigenvalue weighted by Crippen LogP contribution is -2.48. The Morgan fingerprint density at radius 2 is 1.84 bits per heavy atom. The van der Waals surface area contributed by atoms with E-state index in [9.17, 15) is 19.2 Å². The number of aliphatic carboxylic acids is 1. The van der Waals surface area contributed by atoms with E-state index >= 15 is 0 Å². The lowest BCUT2D eigenvalue weighted by molar-refractivity contribution is -0.140. The number of urea groups is 1. The van der Waals surface area contributed by atoms with E-state index < -0.39 is 30.4 Å². The number of rotatable bonds is 8. The van der Waals surface area contributed by atoms with Gasteiger partial charge in [0.15, 0.2) is 0 Å². The summed E-state index contributed by atoms with van der Waals surface area (Å²) in [5.41, 5.74) is 4.85. The van der Waals surface area contributed by atoms with Crippen LogP contribution in [-0.2, 0) is 14.4 Å². The number of carboxylic acids is 1. The summed E-state index contributed by atoms with van der Waals surface area (Å²) in [5.74, 6) is -2.43. The van der Waals surface area contributed by atoms with E-state index in [1.54, 1.807) is 6.92 Å². The third-order valence-electron chi connectivity index (χ3n) is 2.02. The Kier molecular flexibility index (Phi) is 7.66. The fraction of sp³-hybridized carbons (Fsp3) is 0.600. The highest BCUT2D eigenvalue weighted by Crippen LogP contribution is 1.91. The molecule has 4 amide bonds. The molecule has 9 nitrogen and oxygen atoms in total. The molecule has 0 bridgehead atoms. The molecule has 9 heteroatoms. The maximum Gasteiger partial charge on any atom is 0.326 e. The summed E-state index contributed by atoms with van der Waals surface area (Å²) in [4.78, 5) is 43.7. The highest BCUT2D eigenvalue weighted by atomic mass is 16.4. The predicted octanol–water partition coefficient (Wildman–Crippen LogP) is -1.86. The van der Waals surface area contributed by atoms with Crippen molar-refractivity contribution >= 4 is 23.8 Å². The van der Waals surface area contributed by atoms with E-state index in [0.29, 0.717) is 6.54 Å². The van der Waals surface area contributed by atoms with E-state index in [1.807, 2.05) is 0 Å². The van der Waals surface area contributed by atoms with Crippen molar-refractivity contribution in [2.45, 2.75) is 25.8 Å². The third kappa shape index (κ3) is 8.41. The molecule has 0 fully saturated rings. The van der Waals surface area contributed by atoms with Crippen LogP contribution in [0, 0.1) is 0 Å². The molecule has 0 aliphatic rings. The minimum Gasteiger partial charge on any atom is -0.480 e. The van der Waals surface area contributed by atoms with Crippen molar-refractivity contribution in [3.8, 4) is 0 Å². The standard InChI is InChI=1S/C10H18N4O5/c1-2-12-8(16)3-4-13-10(19)14-6(9(17)18)5-7(11)15/h6H,2-5H2,1H3,(H2,11,15)(H,12,16)(H,17,18)(H2,13,14,19). The van der Waals surface area contributed by atoms with Gasteiger partial charge in [0.05, 0.1) is 6.42 Å². The summed E-state index contributed by atoms with van der Waals surface area (Å²) in [5, 5.41) is 15.7. The van der Waals surface area contributed by atoms with Crippen LogP contribution in [0.25, 0.3) is 0 Å². The minimum absolute atomic E-state index is 0.0561. The van der Waals surface area contributed by atoms with Gasteiger partial charge < -0.3 is 26.8 Å². The minimum atomic E-state index is -1.39. The Labute approximate surface area is 109 Å². The van der Waals surface area contributed by atoms with E-state index in [1.165, 1.54) is 0 Å². The summed E-state index contributed by atoms with van der Waals surface area (Å²) in [6, 6.07) is -2.17. The van der Waals surface area contributed by atoms with Crippen LogP contribution in [0.4, 0.5) is 4.79 Å². The van der Waals surface area contributed by atoms with Crippen LogP contribution >= 0.6 is 0 Å². The average Bonchev–Trinajstić information content (AvgIpc) is 2.27. The van der Waals surface area contributed by atoms with Crippen LogP contribution in [0.3, 0.4) is 0 Å². The van der Waals surface area contributed by atoms with Gasteiger partial charge in [-0.15, -0.1) is 0 Å². The molecule has 0 heterocycles. The van der Waals surface area contributed by atoms with Gasteiger partial charge in [0.25, 0.3) is 0 Å². The van der Waals surface area contributed by atoms with Crippen molar-refractivity contribution in [1.29, 1.82) is 0 Å². The molecule has 1 unspecified atom stereocenters. The van der Waals surface area contributed by atoms with Crippen LogP contribution in [0.2, 0.25) is 0 Å². The molecular formula is C10H18N4O5. The van der Waals surface area contributed by atoms with Crippen LogP contribution in [0.1, 0.15) is 19.8 Å². The Morgan fingerprint density at radius 1 is 1.21 bits per heavy atom. The number of carbonyl (C=O) groups is 4. The zero-order valence-electron chi connectivity index (χ0n) is 10.6. The molecule has 1 atom stereocenters. The van der Waals surface area contributed by atoms with E-state index in [2.05, 4.69) is 16.0 Å². The zero-order chi connectivity index (χ0) is 14.8. The van der Waals surface area contributed by atoms with Crippen molar-refractivity contribution < 1.29 is 24.3 Å². The second kappa shape index (κ2) is 8.72. The summed E-state index contributed by atoms with van der Waals surface area (Å²) in [7, 11) is 0. The first-order chi connectivity index (χ1) is 8.86. The van der Waals surface area contributed by atoms with Gasteiger partial charge in [-0.05, 0) is 6.92 Å². The first-order valence-corrected chi connectivity index (χ1v) is 5.69. The van der Waals surface area contributed by atoms with E-state index in [0.717, 1.165) is 0 Å². The number of carboxylic acid groups (broad SMARTS) is 1. The summed E-state index contributed by atoms with van der Waals surface area (Å²) in [6.45, 7) is 2.31. The smallest absolute Gasteiger partial charge is 0.326 e. The van der Waals surface area contributed by atoms with Crippen molar-refractivity contribution in [1.82, 2.24) is 16.0 Å². The number of nitrogens with two attached hydrogens (primary N) is 1. The lowest BCUT2D eigenvalue weighted by Gasteiger charge is -2.13. The van der Waals surface area contributed by atoms with Gasteiger partial charge in [0.2, 0.25) is 11.8 Å². The maximum absolute atomic E-state index is 11.3. The maximum atomic E-state index is 11.3. The molecule has 6 N–H and O–H groups in total. The molecule has 0 aliphatic heterocycles. The van der Waals surface area contributed by atoms with E-state index in [4.69, 9.17) is 10.8 Å². The number of nitrogens with one attached hydrogen (secondary N) is 3. The first kappa shape index (κ1) is 16.7. The van der Waals surface area contributed by atoms with Crippen LogP contribution in [-0.4, -0.2) is 48.1 Å².